The van der Waals surface area contributed by atoms with Crippen molar-refractivity contribution < 1.29 is 14.7 Å². The highest BCUT2D eigenvalue weighted by molar-refractivity contribution is 6.06. The number of hydrogen-bond donors (Lipinski definition) is 1. The van der Waals surface area contributed by atoms with E-state index in [1.807, 2.05) is 19.1 Å². The summed E-state index contributed by atoms with van der Waals surface area (Å²) in [6.45, 7) is 4.75. The molecule has 1 aromatic carbocycles. The molecular weight excluding hydrogens is 294 g/mol. The second-order valence-electron chi connectivity index (χ2n) is 6.37. The van der Waals surface area contributed by atoms with E-state index in [9.17, 15) is 14.7 Å². The Morgan fingerprint density at radius 1 is 1.22 bits per heavy atom. The van der Waals surface area contributed by atoms with Crippen molar-refractivity contribution in [1.29, 1.82) is 0 Å². The third-order valence-electron chi connectivity index (χ3n) is 5.05. The first kappa shape index (κ1) is 15.8. The van der Waals surface area contributed by atoms with Gasteiger partial charge in [0, 0.05) is 33.2 Å². The number of urea groups is 1. The topological polar surface area (TPSA) is 64.1 Å². The lowest BCUT2D eigenvalue weighted by Gasteiger charge is -2.41. The Kier molecular flexibility index (Phi) is 4.02. The molecule has 23 heavy (non-hydrogen) atoms. The molecule has 2 fully saturated rings. The summed E-state index contributed by atoms with van der Waals surface area (Å²) in [6, 6.07) is 7.07. The minimum absolute atomic E-state index is 0.0682. The van der Waals surface area contributed by atoms with Crippen molar-refractivity contribution in [3.05, 3.63) is 29.8 Å². The highest BCUT2D eigenvalue weighted by Gasteiger charge is 2.56. The molecule has 0 unspecified atom stereocenters. The van der Waals surface area contributed by atoms with E-state index < -0.39 is 5.54 Å². The van der Waals surface area contributed by atoms with Gasteiger partial charge in [-0.25, -0.2) is 4.79 Å². The molecule has 3 rings (SSSR count). The minimum Gasteiger partial charge on any atom is -0.508 e. The van der Waals surface area contributed by atoms with Crippen LogP contribution in [0.1, 0.15) is 25.3 Å². The summed E-state index contributed by atoms with van der Waals surface area (Å²) < 4.78 is 0. The maximum atomic E-state index is 12.6. The molecule has 0 bridgehead atoms. The number of likely N-dealkylation sites (tertiary alicyclic amines) is 1. The Bertz CT molecular complexity index is 623. The number of amides is 3. The van der Waals surface area contributed by atoms with E-state index >= 15 is 0 Å². The Morgan fingerprint density at radius 2 is 1.91 bits per heavy atom. The van der Waals surface area contributed by atoms with E-state index in [2.05, 4.69) is 4.90 Å². The van der Waals surface area contributed by atoms with E-state index in [-0.39, 0.29) is 17.7 Å². The molecule has 1 spiro atoms. The quantitative estimate of drug-likeness (QED) is 0.861. The number of phenolic OH excluding ortho intramolecular Hbond substituents is 1. The van der Waals surface area contributed by atoms with Crippen LogP contribution in [0.2, 0.25) is 0 Å². The van der Waals surface area contributed by atoms with Gasteiger partial charge >= 0.3 is 6.03 Å². The van der Waals surface area contributed by atoms with Crippen molar-refractivity contribution in [2.45, 2.75) is 31.8 Å². The molecule has 2 heterocycles. The van der Waals surface area contributed by atoms with E-state index in [0.717, 1.165) is 25.2 Å². The molecule has 124 valence electrons. The van der Waals surface area contributed by atoms with Crippen molar-refractivity contribution in [2.24, 2.45) is 0 Å². The van der Waals surface area contributed by atoms with Gasteiger partial charge in [0.1, 0.15) is 11.3 Å². The van der Waals surface area contributed by atoms with Crippen molar-refractivity contribution in [1.82, 2.24) is 14.7 Å². The second-order valence-corrected chi connectivity index (χ2v) is 6.37. The van der Waals surface area contributed by atoms with Gasteiger partial charge in [-0.2, -0.15) is 0 Å². The van der Waals surface area contributed by atoms with Gasteiger partial charge in [0.25, 0.3) is 5.91 Å². The van der Waals surface area contributed by atoms with E-state index in [0.29, 0.717) is 19.4 Å². The van der Waals surface area contributed by atoms with E-state index in [4.69, 9.17) is 0 Å². The first-order valence-electron chi connectivity index (χ1n) is 8.08. The number of carbonyl (C=O) groups is 2. The molecule has 2 aliphatic rings. The third kappa shape index (κ3) is 2.57. The normalized spacial score (nSPS) is 21.5. The summed E-state index contributed by atoms with van der Waals surface area (Å²) in [5, 5.41) is 9.56. The van der Waals surface area contributed by atoms with Gasteiger partial charge in [0.2, 0.25) is 0 Å². The number of likely N-dealkylation sites (N-methyl/N-ethyl adjacent to an activating group) is 2. The summed E-state index contributed by atoms with van der Waals surface area (Å²) in [7, 11) is 1.57. The van der Waals surface area contributed by atoms with Crippen LogP contribution in [-0.2, 0) is 11.3 Å². The van der Waals surface area contributed by atoms with Crippen LogP contribution >= 0.6 is 0 Å². The molecule has 0 aromatic heterocycles. The Hall–Kier alpha value is -2.08. The maximum absolute atomic E-state index is 12.6. The molecule has 3 amide bonds. The monoisotopic (exact) mass is 317 g/mol. The molecule has 6 heteroatoms. The maximum Gasteiger partial charge on any atom is 0.327 e. The number of carbonyl (C=O) groups excluding carboxylic acids is 2. The lowest BCUT2D eigenvalue weighted by Crippen LogP contribution is -2.56. The molecule has 0 aliphatic carbocycles. The largest absolute Gasteiger partial charge is 0.508 e. The SMILES string of the molecule is CCN1C(=O)N(C)C(=O)C12CCN(Cc1cccc(O)c1)CC2. The number of benzene rings is 1. The molecule has 1 aromatic rings. The van der Waals surface area contributed by atoms with Crippen LogP contribution < -0.4 is 0 Å². The van der Waals surface area contributed by atoms with E-state index in [1.165, 1.54) is 4.90 Å². The highest BCUT2D eigenvalue weighted by Crippen LogP contribution is 2.36. The van der Waals surface area contributed by atoms with Gasteiger partial charge in [-0.05, 0) is 37.5 Å². The summed E-state index contributed by atoms with van der Waals surface area (Å²) in [5.41, 5.74) is 0.398. The number of rotatable bonds is 3. The van der Waals surface area contributed by atoms with Crippen LogP contribution in [0.15, 0.2) is 24.3 Å². The van der Waals surface area contributed by atoms with Gasteiger partial charge in [-0.1, -0.05) is 12.1 Å². The van der Waals surface area contributed by atoms with Crippen molar-refractivity contribution in [2.75, 3.05) is 26.7 Å². The van der Waals surface area contributed by atoms with E-state index in [1.54, 1.807) is 24.1 Å². The van der Waals surface area contributed by atoms with Crippen LogP contribution in [0.5, 0.6) is 5.75 Å². The zero-order chi connectivity index (χ0) is 16.6. The van der Waals surface area contributed by atoms with Crippen LogP contribution in [0.25, 0.3) is 0 Å². The third-order valence-corrected chi connectivity index (χ3v) is 5.05. The predicted octanol–water partition coefficient (Wildman–Crippen LogP) is 1.64. The number of imide groups is 1. The lowest BCUT2D eigenvalue weighted by molar-refractivity contribution is -0.134. The van der Waals surface area contributed by atoms with Gasteiger partial charge in [0.15, 0.2) is 0 Å². The summed E-state index contributed by atoms with van der Waals surface area (Å²) in [6.07, 6.45) is 1.32. The number of phenols is 1. The fourth-order valence-electron chi connectivity index (χ4n) is 3.79. The summed E-state index contributed by atoms with van der Waals surface area (Å²) >= 11 is 0. The van der Waals surface area contributed by atoms with Crippen molar-refractivity contribution in [3.63, 3.8) is 0 Å². The van der Waals surface area contributed by atoms with Gasteiger partial charge in [-0.15, -0.1) is 0 Å². The molecule has 0 saturated carbocycles. The van der Waals surface area contributed by atoms with Crippen molar-refractivity contribution in [3.8, 4) is 5.75 Å². The van der Waals surface area contributed by atoms with Crippen LogP contribution in [-0.4, -0.2) is 64.0 Å². The zero-order valence-electron chi connectivity index (χ0n) is 13.7. The zero-order valence-corrected chi connectivity index (χ0v) is 13.7. The highest BCUT2D eigenvalue weighted by atomic mass is 16.3. The van der Waals surface area contributed by atoms with Crippen LogP contribution in [0.4, 0.5) is 4.79 Å². The smallest absolute Gasteiger partial charge is 0.327 e. The number of aromatic hydroxyl groups is 1. The number of hydrogen-bond acceptors (Lipinski definition) is 4. The molecule has 1 N–H and O–H groups in total. The molecule has 2 aliphatic heterocycles. The number of nitrogens with zero attached hydrogens (tertiary/aromatic N) is 3. The van der Waals surface area contributed by atoms with Crippen molar-refractivity contribution >= 4 is 11.9 Å². The number of piperidine rings is 1. The fraction of sp³-hybridized carbons (Fsp3) is 0.529. The Balaban J connectivity index is 1.70. The lowest BCUT2D eigenvalue weighted by atomic mass is 9.85. The minimum atomic E-state index is -0.657. The van der Waals surface area contributed by atoms with Gasteiger partial charge in [-0.3, -0.25) is 14.6 Å². The predicted molar refractivity (Wildman–Crippen MR) is 85.9 cm³/mol. The standard InChI is InChI=1S/C17H23N3O3/c1-3-20-16(23)18(2)15(22)17(20)7-9-19(10-8-17)12-13-5-4-6-14(21)11-13/h4-6,11,21H,3,7-10,12H2,1-2H3. The molecular formula is C17H23N3O3. The molecule has 0 atom stereocenters. The Morgan fingerprint density at radius 3 is 2.52 bits per heavy atom. The van der Waals surface area contributed by atoms with Crippen LogP contribution in [0, 0.1) is 0 Å². The van der Waals surface area contributed by atoms with Gasteiger partial charge < -0.3 is 10.0 Å². The summed E-state index contributed by atoms with van der Waals surface area (Å²) in [4.78, 5) is 30.1. The first-order valence-corrected chi connectivity index (χ1v) is 8.08. The first-order chi connectivity index (χ1) is 11.0. The molecule has 6 nitrogen and oxygen atoms in total. The average Bonchev–Trinajstić information content (AvgIpc) is 2.71. The van der Waals surface area contributed by atoms with Gasteiger partial charge in [0.05, 0.1) is 0 Å². The Labute approximate surface area is 136 Å². The fourth-order valence-corrected chi connectivity index (χ4v) is 3.79. The summed E-state index contributed by atoms with van der Waals surface area (Å²) in [5.74, 6) is 0.202. The second kappa shape index (κ2) is 5.85. The molecule has 0 radical (unpaired) electrons. The average molecular weight is 317 g/mol. The molecule has 2 saturated heterocycles. The van der Waals surface area contributed by atoms with Crippen LogP contribution in [0.3, 0.4) is 0 Å².